The zero-order valence-electron chi connectivity index (χ0n) is 7.95. The Hall–Kier alpha value is -0.820. The van der Waals surface area contributed by atoms with Crippen molar-refractivity contribution in [2.45, 2.75) is 24.9 Å². The van der Waals surface area contributed by atoms with Crippen molar-refractivity contribution in [3.63, 3.8) is 0 Å². The number of methoxy groups -OCH3 is 2. The van der Waals surface area contributed by atoms with Crippen molar-refractivity contribution in [3.05, 3.63) is 12.2 Å². The van der Waals surface area contributed by atoms with E-state index < -0.39 is 5.79 Å². The van der Waals surface area contributed by atoms with Crippen LogP contribution in [-0.4, -0.2) is 26.3 Å². The highest BCUT2D eigenvalue weighted by Gasteiger charge is 2.34. The van der Waals surface area contributed by atoms with Crippen molar-refractivity contribution in [3.8, 4) is 12.3 Å². The van der Waals surface area contributed by atoms with Crippen LogP contribution in [0.25, 0.3) is 0 Å². The maximum atomic E-state index is 5.50. The van der Waals surface area contributed by atoms with Gasteiger partial charge in [0.05, 0.1) is 0 Å². The summed E-state index contributed by atoms with van der Waals surface area (Å²) in [5.41, 5.74) is 0. The highest BCUT2D eigenvalue weighted by molar-refractivity contribution is 5.06. The van der Waals surface area contributed by atoms with Crippen LogP contribution in [-0.2, 0) is 14.2 Å². The first-order valence-corrected chi connectivity index (χ1v) is 4.15. The molecule has 1 aliphatic heterocycles. The molecule has 0 aromatic carbocycles. The molecule has 13 heavy (non-hydrogen) atoms. The first-order chi connectivity index (χ1) is 6.26. The number of rotatable bonds is 4. The predicted molar refractivity (Wildman–Crippen MR) is 48.8 cm³/mol. The second kappa shape index (κ2) is 4.43. The molecule has 0 saturated heterocycles. The molecule has 0 spiro atoms. The molecule has 72 valence electrons. The van der Waals surface area contributed by atoms with Crippen molar-refractivity contribution in [1.29, 1.82) is 0 Å². The smallest absolute Gasteiger partial charge is 0.191 e. The Morgan fingerprint density at radius 1 is 1.62 bits per heavy atom. The molecule has 3 nitrogen and oxygen atoms in total. The van der Waals surface area contributed by atoms with Gasteiger partial charge in [-0.05, 0) is 12.2 Å². The Morgan fingerprint density at radius 2 is 2.38 bits per heavy atom. The molecule has 1 aliphatic rings. The second-order valence-electron chi connectivity index (χ2n) is 2.80. The molecule has 0 radical (unpaired) electrons. The van der Waals surface area contributed by atoms with E-state index in [0.29, 0.717) is 12.8 Å². The van der Waals surface area contributed by atoms with Gasteiger partial charge in [-0.2, -0.15) is 0 Å². The molecule has 1 heterocycles. The van der Waals surface area contributed by atoms with Crippen molar-refractivity contribution < 1.29 is 14.2 Å². The van der Waals surface area contributed by atoms with Crippen molar-refractivity contribution in [2.24, 2.45) is 0 Å². The number of hydrogen-bond donors (Lipinski definition) is 0. The summed E-state index contributed by atoms with van der Waals surface area (Å²) in [7, 11) is 3.18. The first kappa shape index (κ1) is 10.3. The average molecular weight is 182 g/mol. The van der Waals surface area contributed by atoms with Gasteiger partial charge in [0, 0.05) is 27.1 Å². The van der Waals surface area contributed by atoms with Gasteiger partial charge >= 0.3 is 0 Å². The molecule has 0 aliphatic carbocycles. The quantitative estimate of drug-likeness (QED) is 0.484. The van der Waals surface area contributed by atoms with E-state index in [1.165, 1.54) is 0 Å². The van der Waals surface area contributed by atoms with E-state index in [-0.39, 0.29) is 6.29 Å². The minimum Gasteiger partial charge on any atom is -0.352 e. The Labute approximate surface area is 78.7 Å². The molecule has 0 N–H and O–H groups in total. The number of terminal acetylenes is 1. The van der Waals surface area contributed by atoms with E-state index in [1.54, 1.807) is 14.2 Å². The third-order valence-electron chi connectivity index (χ3n) is 2.02. The first-order valence-electron chi connectivity index (χ1n) is 4.15. The van der Waals surface area contributed by atoms with Crippen molar-refractivity contribution >= 4 is 0 Å². The largest absolute Gasteiger partial charge is 0.352 e. The van der Waals surface area contributed by atoms with Crippen LogP contribution in [0.2, 0.25) is 0 Å². The second-order valence-corrected chi connectivity index (χ2v) is 2.80. The van der Waals surface area contributed by atoms with Gasteiger partial charge in [0.2, 0.25) is 0 Å². The van der Waals surface area contributed by atoms with Crippen LogP contribution in [0.3, 0.4) is 0 Å². The van der Waals surface area contributed by atoms with Gasteiger partial charge in [-0.15, -0.1) is 12.3 Å². The molecule has 3 heteroatoms. The Morgan fingerprint density at radius 3 is 2.85 bits per heavy atom. The monoisotopic (exact) mass is 182 g/mol. The molecule has 0 saturated carbocycles. The summed E-state index contributed by atoms with van der Waals surface area (Å²) < 4.78 is 15.8. The van der Waals surface area contributed by atoms with Gasteiger partial charge in [-0.3, -0.25) is 0 Å². The van der Waals surface area contributed by atoms with Gasteiger partial charge in [-0.1, -0.05) is 0 Å². The lowest BCUT2D eigenvalue weighted by Crippen LogP contribution is -2.32. The normalized spacial score (nSPS) is 31.9. The van der Waals surface area contributed by atoms with Crippen molar-refractivity contribution in [2.75, 3.05) is 14.2 Å². The van der Waals surface area contributed by atoms with Crippen LogP contribution in [0.4, 0.5) is 0 Å². The molecule has 0 aromatic heterocycles. The molecule has 0 amide bonds. The molecule has 0 aromatic rings. The van der Waals surface area contributed by atoms with E-state index in [4.69, 9.17) is 20.6 Å². The summed E-state index contributed by atoms with van der Waals surface area (Å²) in [4.78, 5) is 0. The van der Waals surface area contributed by atoms with Gasteiger partial charge in [0.25, 0.3) is 0 Å². The van der Waals surface area contributed by atoms with E-state index in [1.807, 2.05) is 12.2 Å². The topological polar surface area (TPSA) is 27.7 Å². The molecular weight excluding hydrogens is 168 g/mol. The Bertz CT molecular complexity index is 229. The molecule has 2 atom stereocenters. The third-order valence-corrected chi connectivity index (χ3v) is 2.02. The number of hydrogen-bond acceptors (Lipinski definition) is 3. The Balaban J connectivity index is 2.54. The minimum absolute atomic E-state index is 0.322. The summed E-state index contributed by atoms with van der Waals surface area (Å²) in [6.45, 7) is 0. The van der Waals surface area contributed by atoms with E-state index in [0.717, 1.165) is 0 Å². The maximum absolute atomic E-state index is 5.50. The van der Waals surface area contributed by atoms with Crippen LogP contribution < -0.4 is 0 Å². The lowest BCUT2D eigenvalue weighted by molar-refractivity contribution is -0.244. The van der Waals surface area contributed by atoms with Crippen LogP contribution in [0.5, 0.6) is 0 Å². The number of ether oxygens (including phenoxy) is 3. The third kappa shape index (κ3) is 2.31. The summed E-state index contributed by atoms with van der Waals surface area (Å²) in [5.74, 6) is 1.86. The maximum Gasteiger partial charge on any atom is 0.191 e. The van der Waals surface area contributed by atoms with E-state index in [9.17, 15) is 0 Å². The molecular formula is C10H14O3. The molecule has 1 rings (SSSR count). The lowest BCUT2D eigenvalue weighted by atomic mass is 10.1. The highest BCUT2D eigenvalue weighted by Crippen LogP contribution is 2.28. The fourth-order valence-electron chi connectivity index (χ4n) is 1.23. The molecule has 0 fully saturated rings. The summed E-state index contributed by atoms with van der Waals surface area (Å²) in [6.07, 6.45) is 9.78. The standard InChI is InChI=1S/C10H14O3/c1-4-5-7-10(12-3)8-6-9(11-2)13-10/h1,6,8-9H,5,7H2,2-3H3. The fraction of sp³-hybridized carbons (Fsp3) is 0.600. The van der Waals surface area contributed by atoms with Gasteiger partial charge in [-0.25, -0.2) is 0 Å². The summed E-state index contributed by atoms with van der Waals surface area (Å²) in [5, 5.41) is 0. The van der Waals surface area contributed by atoms with Gasteiger partial charge in [0.1, 0.15) is 0 Å². The van der Waals surface area contributed by atoms with Crippen molar-refractivity contribution in [1.82, 2.24) is 0 Å². The van der Waals surface area contributed by atoms with Gasteiger partial charge < -0.3 is 14.2 Å². The predicted octanol–water partition coefficient (Wildman–Crippen LogP) is 1.30. The van der Waals surface area contributed by atoms with Crippen LogP contribution in [0.15, 0.2) is 12.2 Å². The average Bonchev–Trinajstić information content (AvgIpc) is 2.59. The molecule has 0 bridgehead atoms. The van der Waals surface area contributed by atoms with Crippen LogP contribution in [0.1, 0.15) is 12.8 Å². The summed E-state index contributed by atoms with van der Waals surface area (Å²) in [6, 6.07) is 0. The highest BCUT2D eigenvalue weighted by atomic mass is 16.8. The van der Waals surface area contributed by atoms with E-state index >= 15 is 0 Å². The fourth-order valence-corrected chi connectivity index (χ4v) is 1.23. The SMILES string of the molecule is C#CCCC1(OC)C=CC(OC)O1. The van der Waals surface area contributed by atoms with E-state index in [2.05, 4.69) is 5.92 Å². The van der Waals surface area contributed by atoms with Gasteiger partial charge in [0.15, 0.2) is 12.1 Å². The zero-order valence-corrected chi connectivity index (χ0v) is 7.95. The molecule has 2 unspecified atom stereocenters. The lowest BCUT2D eigenvalue weighted by Gasteiger charge is -2.26. The minimum atomic E-state index is -0.687. The Kier molecular flexibility index (Phi) is 3.49. The van der Waals surface area contributed by atoms with Crippen LogP contribution >= 0.6 is 0 Å². The zero-order chi connectivity index (χ0) is 9.73. The summed E-state index contributed by atoms with van der Waals surface area (Å²) >= 11 is 0. The van der Waals surface area contributed by atoms with Crippen LogP contribution in [0, 0.1) is 12.3 Å².